The van der Waals surface area contributed by atoms with Gasteiger partial charge in [-0.1, -0.05) is 60.7 Å². The molecule has 3 rings (SSSR count). The fourth-order valence-corrected chi connectivity index (χ4v) is 2.98. The van der Waals surface area contributed by atoms with Crippen molar-refractivity contribution >= 4 is 17.8 Å². The van der Waals surface area contributed by atoms with Crippen molar-refractivity contribution in [2.24, 2.45) is 0 Å². The van der Waals surface area contributed by atoms with Crippen LogP contribution in [-0.2, 0) is 20.9 Å². The maximum absolute atomic E-state index is 12.4. The molecule has 0 aliphatic carbocycles. The Kier molecular flexibility index (Phi) is 6.39. The van der Waals surface area contributed by atoms with Gasteiger partial charge in [-0.05, 0) is 5.56 Å². The van der Waals surface area contributed by atoms with Gasteiger partial charge in [0.15, 0.2) is 12.4 Å². The second-order valence-corrected chi connectivity index (χ2v) is 6.49. The van der Waals surface area contributed by atoms with Crippen molar-refractivity contribution in [3.63, 3.8) is 0 Å². The molecule has 1 fully saturated rings. The van der Waals surface area contributed by atoms with Crippen LogP contribution in [0.1, 0.15) is 22.3 Å². The van der Waals surface area contributed by atoms with E-state index in [2.05, 4.69) is 0 Å². The van der Waals surface area contributed by atoms with Gasteiger partial charge in [-0.25, -0.2) is 9.59 Å². The molecule has 0 radical (unpaired) electrons. The quantitative estimate of drug-likeness (QED) is 0.607. The van der Waals surface area contributed by atoms with Gasteiger partial charge < -0.3 is 14.6 Å². The maximum Gasteiger partial charge on any atom is 0.410 e. The summed E-state index contributed by atoms with van der Waals surface area (Å²) < 4.78 is 10.3. The number of ether oxygens (including phenoxy) is 2. The van der Waals surface area contributed by atoms with E-state index in [1.165, 1.54) is 0 Å². The number of benzene rings is 2. The number of aliphatic hydroxyl groups excluding tert-OH is 1. The molecule has 2 atom stereocenters. The van der Waals surface area contributed by atoms with E-state index in [0.29, 0.717) is 5.56 Å². The molecule has 0 unspecified atom stereocenters. The highest BCUT2D eigenvalue weighted by Gasteiger charge is 2.41. The van der Waals surface area contributed by atoms with E-state index in [1.807, 2.05) is 30.3 Å². The second-order valence-electron chi connectivity index (χ2n) is 6.49. The lowest BCUT2D eigenvalue weighted by Gasteiger charge is -2.22. The molecule has 2 aromatic rings. The molecule has 7 heteroatoms. The number of esters is 1. The van der Waals surface area contributed by atoms with Crippen molar-refractivity contribution in [3.05, 3.63) is 71.8 Å². The largest absolute Gasteiger partial charge is 0.456 e. The molecule has 28 heavy (non-hydrogen) atoms. The average Bonchev–Trinajstić information content (AvgIpc) is 3.13. The lowest BCUT2D eigenvalue weighted by Crippen LogP contribution is -2.42. The zero-order chi connectivity index (χ0) is 19.9. The Bertz CT molecular complexity index is 823. The van der Waals surface area contributed by atoms with Crippen LogP contribution in [0.3, 0.4) is 0 Å². The number of amides is 1. The first-order valence-electron chi connectivity index (χ1n) is 8.95. The minimum absolute atomic E-state index is 0.0278. The van der Waals surface area contributed by atoms with Crippen molar-refractivity contribution in [1.82, 2.24) is 4.90 Å². The molecular formula is C21H21NO6. The van der Waals surface area contributed by atoms with Gasteiger partial charge in [-0.2, -0.15) is 0 Å². The van der Waals surface area contributed by atoms with Crippen LogP contribution in [0.15, 0.2) is 60.7 Å². The minimum Gasteiger partial charge on any atom is -0.456 e. The Labute approximate surface area is 162 Å². The predicted octanol–water partition coefficient (Wildman–Crippen LogP) is 2.18. The zero-order valence-electron chi connectivity index (χ0n) is 15.2. The first-order chi connectivity index (χ1) is 13.5. The van der Waals surface area contributed by atoms with Gasteiger partial charge in [-0.15, -0.1) is 0 Å². The van der Waals surface area contributed by atoms with E-state index in [9.17, 15) is 19.5 Å². The summed E-state index contributed by atoms with van der Waals surface area (Å²) in [6, 6.07) is 16.6. The van der Waals surface area contributed by atoms with Gasteiger partial charge in [0.05, 0.1) is 12.6 Å². The molecule has 1 heterocycles. The van der Waals surface area contributed by atoms with E-state index < -0.39 is 30.8 Å². The summed E-state index contributed by atoms with van der Waals surface area (Å²) >= 11 is 0. The monoisotopic (exact) mass is 383 g/mol. The first-order valence-corrected chi connectivity index (χ1v) is 8.95. The molecule has 1 N–H and O–H groups in total. The van der Waals surface area contributed by atoms with E-state index in [4.69, 9.17) is 9.47 Å². The van der Waals surface area contributed by atoms with Crippen LogP contribution in [-0.4, -0.2) is 53.1 Å². The summed E-state index contributed by atoms with van der Waals surface area (Å²) in [7, 11) is 0. The molecule has 0 saturated carbocycles. The summed E-state index contributed by atoms with van der Waals surface area (Å²) in [6.45, 7) is -0.400. The molecule has 2 aromatic carbocycles. The Morgan fingerprint density at radius 3 is 2.29 bits per heavy atom. The summed E-state index contributed by atoms with van der Waals surface area (Å²) in [5.74, 6) is -1.08. The van der Waals surface area contributed by atoms with Gasteiger partial charge >= 0.3 is 12.1 Å². The van der Waals surface area contributed by atoms with Crippen molar-refractivity contribution < 1.29 is 29.0 Å². The number of aliphatic hydroxyl groups is 1. The summed E-state index contributed by atoms with van der Waals surface area (Å²) in [5, 5.41) is 9.88. The molecule has 1 amide bonds. The molecule has 1 aliphatic heterocycles. The summed E-state index contributed by atoms with van der Waals surface area (Å²) in [5.41, 5.74) is 1.24. The van der Waals surface area contributed by atoms with Crippen LogP contribution in [0.4, 0.5) is 4.79 Å². The van der Waals surface area contributed by atoms with Gasteiger partial charge in [0.2, 0.25) is 0 Å². The zero-order valence-corrected chi connectivity index (χ0v) is 15.2. The second kappa shape index (κ2) is 9.14. The number of carbonyl (C=O) groups excluding carboxylic acids is 3. The van der Waals surface area contributed by atoms with Crippen LogP contribution in [0, 0.1) is 0 Å². The van der Waals surface area contributed by atoms with Crippen molar-refractivity contribution in [2.45, 2.75) is 25.2 Å². The van der Waals surface area contributed by atoms with Gasteiger partial charge in [0, 0.05) is 12.0 Å². The Balaban J connectivity index is 1.55. The van der Waals surface area contributed by atoms with E-state index in [-0.39, 0.29) is 25.4 Å². The number of carbonyl (C=O) groups is 3. The van der Waals surface area contributed by atoms with Crippen molar-refractivity contribution in [3.8, 4) is 0 Å². The van der Waals surface area contributed by atoms with Crippen LogP contribution < -0.4 is 0 Å². The van der Waals surface area contributed by atoms with Crippen LogP contribution in [0.2, 0.25) is 0 Å². The molecule has 0 aromatic heterocycles. The van der Waals surface area contributed by atoms with Gasteiger partial charge in [0.1, 0.15) is 12.6 Å². The Morgan fingerprint density at radius 1 is 0.964 bits per heavy atom. The fourth-order valence-electron chi connectivity index (χ4n) is 2.98. The Hall–Kier alpha value is -3.19. The number of ketones is 1. The van der Waals surface area contributed by atoms with E-state index >= 15 is 0 Å². The van der Waals surface area contributed by atoms with Gasteiger partial charge in [-0.3, -0.25) is 9.69 Å². The number of nitrogens with zero attached hydrogens (tertiary/aromatic N) is 1. The molecule has 7 nitrogen and oxygen atoms in total. The van der Waals surface area contributed by atoms with Crippen molar-refractivity contribution in [2.75, 3.05) is 13.2 Å². The standard InChI is InChI=1S/C21H21NO6/c23-17-11-18(20(25)27-14-19(24)16-9-5-2-6-10-16)22(12-17)21(26)28-13-15-7-3-1-4-8-15/h1-10,17-18,23H,11-14H2/t17-,18-/m0/s1. The molecule has 1 aliphatic rings. The average molecular weight is 383 g/mol. The topological polar surface area (TPSA) is 93.1 Å². The molecule has 146 valence electrons. The van der Waals surface area contributed by atoms with Crippen molar-refractivity contribution in [1.29, 1.82) is 0 Å². The number of hydrogen-bond acceptors (Lipinski definition) is 6. The lowest BCUT2D eigenvalue weighted by molar-refractivity contribution is -0.147. The van der Waals surface area contributed by atoms with Crippen LogP contribution in [0.5, 0.6) is 0 Å². The highest BCUT2D eigenvalue weighted by atomic mass is 16.6. The Morgan fingerprint density at radius 2 is 1.61 bits per heavy atom. The van der Waals surface area contributed by atoms with Crippen LogP contribution in [0.25, 0.3) is 0 Å². The van der Waals surface area contributed by atoms with E-state index in [0.717, 1.165) is 10.5 Å². The summed E-state index contributed by atoms with van der Waals surface area (Å²) in [4.78, 5) is 38.0. The highest BCUT2D eigenvalue weighted by molar-refractivity contribution is 5.98. The molecular weight excluding hydrogens is 362 g/mol. The van der Waals surface area contributed by atoms with Crippen LogP contribution >= 0.6 is 0 Å². The first kappa shape index (κ1) is 19.6. The fraction of sp³-hybridized carbons (Fsp3) is 0.286. The number of hydrogen-bond donors (Lipinski definition) is 1. The number of β-amino-alcohol motifs (C(OH)–C–C–N with tert-alkyl or cyclic N) is 1. The molecule has 0 spiro atoms. The smallest absolute Gasteiger partial charge is 0.410 e. The van der Waals surface area contributed by atoms with Gasteiger partial charge in [0.25, 0.3) is 0 Å². The lowest BCUT2D eigenvalue weighted by atomic mass is 10.1. The normalized spacial score (nSPS) is 18.5. The maximum atomic E-state index is 12.4. The third kappa shape index (κ3) is 4.95. The molecule has 1 saturated heterocycles. The highest BCUT2D eigenvalue weighted by Crippen LogP contribution is 2.21. The minimum atomic E-state index is -0.984. The third-order valence-electron chi connectivity index (χ3n) is 4.43. The number of Topliss-reactive ketones (excluding diaryl/α,β-unsaturated/α-hetero) is 1. The third-order valence-corrected chi connectivity index (χ3v) is 4.43. The predicted molar refractivity (Wildman–Crippen MR) is 99.5 cm³/mol. The number of likely N-dealkylation sites (tertiary alicyclic amines) is 1. The SMILES string of the molecule is O=C(COC(=O)[C@@H]1C[C@H](O)CN1C(=O)OCc1ccccc1)c1ccccc1. The van der Waals surface area contributed by atoms with E-state index in [1.54, 1.807) is 30.3 Å². The summed E-state index contributed by atoms with van der Waals surface area (Å²) in [6.07, 6.45) is -1.53. The molecule has 0 bridgehead atoms. The number of rotatable bonds is 6.